The molecule has 2 N–H and O–H groups in total. The standard InChI is InChI=1S/C12H10F3N3O3/c1-2-11(20)21-18-4-3-17(16-18)9-5-8(12(13,14)15)6-10(19)7-9/h2-7,16,19H,1H2. The molecule has 0 aromatic heterocycles. The summed E-state index contributed by atoms with van der Waals surface area (Å²) in [5.41, 5.74) is 1.47. The van der Waals surface area contributed by atoms with Gasteiger partial charge in [-0.1, -0.05) is 6.58 Å². The van der Waals surface area contributed by atoms with E-state index in [-0.39, 0.29) is 5.69 Å². The molecular weight excluding hydrogens is 291 g/mol. The molecule has 112 valence electrons. The van der Waals surface area contributed by atoms with Gasteiger partial charge in [0.05, 0.1) is 17.5 Å². The van der Waals surface area contributed by atoms with Crippen LogP contribution in [0, 0.1) is 0 Å². The highest BCUT2D eigenvalue weighted by Crippen LogP contribution is 2.35. The summed E-state index contributed by atoms with van der Waals surface area (Å²) in [5.74, 6) is -1.29. The van der Waals surface area contributed by atoms with Gasteiger partial charge < -0.3 is 9.94 Å². The van der Waals surface area contributed by atoms with Crippen molar-refractivity contribution in [1.82, 2.24) is 10.7 Å². The van der Waals surface area contributed by atoms with Crippen LogP contribution >= 0.6 is 0 Å². The van der Waals surface area contributed by atoms with Gasteiger partial charge in [0.15, 0.2) is 0 Å². The van der Waals surface area contributed by atoms with Crippen LogP contribution in [0.15, 0.2) is 43.3 Å². The molecule has 0 atom stereocenters. The van der Waals surface area contributed by atoms with E-state index >= 15 is 0 Å². The lowest BCUT2D eigenvalue weighted by Crippen LogP contribution is -2.40. The Balaban J connectivity index is 2.17. The van der Waals surface area contributed by atoms with Crippen LogP contribution in [0.2, 0.25) is 0 Å². The molecule has 1 aliphatic rings. The second-order valence-electron chi connectivity index (χ2n) is 3.94. The third-order valence-electron chi connectivity index (χ3n) is 2.42. The van der Waals surface area contributed by atoms with Crippen LogP contribution in [0.5, 0.6) is 5.75 Å². The zero-order chi connectivity index (χ0) is 15.6. The summed E-state index contributed by atoms with van der Waals surface area (Å²) in [6.45, 7) is 3.21. The minimum atomic E-state index is -4.59. The van der Waals surface area contributed by atoms with Crippen LogP contribution in [-0.2, 0) is 15.8 Å². The monoisotopic (exact) mass is 301 g/mol. The number of phenols is 1. The number of hydrogen-bond acceptors (Lipinski definition) is 6. The number of benzene rings is 1. The summed E-state index contributed by atoms with van der Waals surface area (Å²) in [6, 6.07) is 2.56. The molecule has 0 unspecified atom stereocenters. The Hall–Kier alpha value is -2.68. The van der Waals surface area contributed by atoms with E-state index in [1.807, 2.05) is 0 Å². The van der Waals surface area contributed by atoms with Gasteiger partial charge in [-0.3, -0.25) is 5.01 Å². The Morgan fingerprint density at radius 2 is 2.05 bits per heavy atom. The highest BCUT2D eigenvalue weighted by molar-refractivity contribution is 5.80. The Labute approximate surface area is 117 Å². The highest BCUT2D eigenvalue weighted by Gasteiger charge is 2.32. The number of nitrogens with one attached hydrogen (secondary N) is 1. The molecule has 9 heteroatoms. The molecule has 0 spiro atoms. The number of anilines is 1. The van der Waals surface area contributed by atoms with Gasteiger partial charge in [-0.25, -0.2) is 4.79 Å². The number of phenolic OH excluding ortho intramolecular Hbond substituents is 1. The molecule has 1 aliphatic heterocycles. The summed E-state index contributed by atoms with van der Waals surface area (Å²) >= 11 is 0. The molecule has 1 aromatic rings. The Morgan fingerprint density at radius 1 is 1.33 bits per heavy atom. The van der Waals surface area contributed by atoms with Crippen molar-refractivity contribution < 1.29 is 27.9 Å². The van der Waals surface area contributed by atoms with Gasteiger partial charge in [0.25, 0.3) is 0 Å². The number of aromatic hydroxyl groups is 1. The maximum absolute atomic E-state index is 12.7. The third kappa shape index (κ3) is 3.45. The zero-order valence-corrected chi connectivity index (χ0v) is 10.5. The van der Waals surface area contributed by atoms with Crippen molar-refractivity contribution in [2.75, 3.05) is 5.01 Å². The lowest BCUT2D eigenvalue weighted by molar-refractivity contribution is -0.181. The smallest absolute Gasteiger partial charge is 0.416 e. The number of hydrazine groups is 2. The zero-order valence-electron chi connectivity index (χ0n) is 10.5. The van der Waals surface area contributed by atoms with E-state index in [1.165, 1.54) is 12.4 Å². The molecule has 1 aromatic carbocycles. The lowest BCUT2D eigenvalue weighted by atomic mass is 10.2. The molecule has 0 saturated heterocycles. The largest absolute Gasteiger partial charge is 0.508 e. The van der Waals surface area contributed by atoms with Crippen molar-refractivity contribution in [1.29, 1.82) is 0 Å². The van der Waals surface area contributed by atoms with E-state index in [9.17, 15) is 23.1 Å². The summed E-state index contributed by atoms with van der Waals surface area (Å²) < 4.78 is 38.0. The van der Waals surface area contributed by atoms with Crippen LogP contribution in [0.3, 0.4) is 0 Å². The van der Waals surface area contributed by atoms with E-state index in [1.54, 1.807) is 0 Å². The lowest BCUT2D eigenvalue weighted by Gasteiger charge is -2.21. The minimum absolute atomic E-state index is 0.00993. The molecule has 0 fully saturated rings. The molecule has 0 saturated carbocycles. The van der Waals surface area contributed by atoms with Crippen molar-refractivity contribution in [2.24, 2.45) is 0 Å². The average molecular weight is 301 g/mol. The SMILES string of the molecule is C=CC(=O)ON1C=CN(c2cc(O)cc(C(F)(F)F)c2)N1. The summed E-state index contributed by atoms with van der Waals surface area (Å²) in [4.78, 5) is 15.7. The predicted molar refractivity (Wildman–Crippen MR) is 66.0 cm³/mol. The molecule has 0 radical (unpaired) electrons. The van der Waals surface area contributed by atoms with Crippen LogP contribution in [0.1, 0.15) is 5.56 Å². The molecule has 21 heavy (non-hydrogen) atoms. The van der Waals surface area contributed by atoms with Gasteiger partial charge >= 0.3 is 12.1 Å². The predicted octanol–water partition coefficient (Wildman–Crippen LogP) is 2.07. The van der Waals surface area contributed by atoms with E-state index in [2.05, 4.69) is 12.1 Å². The van der Waals surface area contributed by atoms with Gasteiger partial charge in [-0.15, -0.1) is 10.7 Å². The number of halogens is 3. The first-order chi connectivity index (χ1) is 9.79. The Kier molecular flexibility index (Phi) is 3.76. The molecular formula is C12H10F3N3O3. The van der Waals surface area contributed by atoms with Crippen molar-refractivity contribution >= 4 is 11.7 Å². The average Bonchev–Trinajstić information content (AvgIpc) is 2.85. The van der Waals surface area contributed by atoms with E-state index in [0.717, 1.165) is 28.4 Å². The molecule has 0 aliphatic carbocycles. The van der Waals surface area contributed by atoms with Crippen LogP contribution in [0.25, 0.3) is 0 Å². The molecule has 6 nitrogen and oxygen atoms in total. The van der Waals surface area contributed by atoms with Gasteiger partial charge in [0, 0.05) is 18.3 Å². The third-order valence-corrected chi connectivity index (χ3v) is 2.42. The number of carbonyl (C=O) groups excluding carboxylic acids is 1. The highest BCUT2D eigenvalue weighted by atomic mass is 19.4. The fourth-order valence-electron chi connectivity index (χ4n) is 1.53. The van der Waals surface area contributed by atoms with Crippen LogP contribution < -0.4 is 10.5 Å². The van der Waals surface area contributed by atoms with Gasteiger partial charge in [0.1, 0.15) is 5.75 Å². The summed E-state index contributed by atoms with van der Waals surface area (Å²) in [6.07, 6.45) is -1.09. The van der Waals surface area contributed by atoms with Crippen LogP contribution in [-0.4, -0.2) is 16.2 Å². The first-order valence-corrected chi connectivity index (χ1v) is 5.58. The van der Waals surface area contributed by atoms with E-state index in [0.29, 0.717) is 6.07 Å². The minimum Gasteiger partial charge on any atom is -0.508 e. The van der Waals surface area contributed by atoms with E-state index in [4.69, 9.17) is 4.84 Å². The summed E-state index contributed by atoms with van der Waals surface area (Å²) in [7, 11) is 0. The second-order valence-corrected chi connectivity index (χ2v) is 3.94. The maximum Gasteiger partial charge on any atom is 0.416 e. The molecule has 0 amide bonds. The van der Waals surface area contributed by atoms with Crippen LogP contribution in [0.4, 0.5) is 18.9 Å². The normalized spacial score (nSPS) is 14.4. The molecule has 1 heterocycles. The van der Waals surface area contributed by atoms with Crippen molar-refractivity contribution in [3.63, 3.8) is 0 Å². The van der Waals surface area contributed by atoms with Crippen molar-refractivity contribution in [2.45, 2.75) is 6.18 Å². The van der Waals surface area contributed by atoms with Crippen molar-refractivity contribution in [3.05, 3.63) is 48.8 Å². The topological polar surface area (TPSA) is 65.0 Å². The number of nitrogens with zero attached hydrogens (tertiary/aromatic N) is 2. The quantitative estimate of drug-likeness (QED) is 0.833. The fraction of sp³-hybridized carbons (Fsp3) is 0.0833. The number of hydroxylamine groups is 1. The van der Waals surface area contributed by atoms with Gasteiger partial charge in [0.2, 0.25) is 0 Å². The van der Waals surface area contributed by atoms with Gasteiger partial charge in [-0.2, -0.15) is 13.2 Å². The molecule has 0 bridgehead atoms. The first kappa shape index (κ1) is 14.7. The molecule has 2 rings (SSSR count). The van der Waals surface area contributed by atoms with E-state index < -0.39 is 23.5 Å². The second kappa shape index (κ2) is 5.37. The number of alkyl halides is 3. The first-order valence-electron chi connectivity index (χ1n) is 5.58. The fourth-order valence-corrected chi connectivity index (χ4v) is 1.53. The number of hydrogen-bond donors (Lipinski definition) is 2. The van der Waals surface area contributed by atoms with Crippen molar-refractivity contribution in [3.8, 4) is 5.75 Å². The van der Waals surface area contributed by atoms with Gasteiger partial charge in [-0.05, 0) is 12.1 Å². The maximum atomic E-state index is 12.7. The number of rotatable bonds is 3. The number of carbonyl (C=O) groups is 1. The summed E-state index contributed by atoms with van der Waals surface area (Å²) in [5, 5.41) is 11.4. The Morgan fingerprint density at radius 3 is 2.67 bits per heavy atom. The Bertz CT molecular complexity index is 601.